The van der Waals surface area contributed by atoms with E-state index < -0.39 is 0 Å². The van der Waals surface area contributed by atoms with Gasteiger partial charge in [-0.2, -0.15) is 5.10 Å². The molecule has 0 bridgehead atoms. The SMILES string of the molecule is CCOc1ccc(CN(C)C(=O)NCCCn2nc3n(c2=O)CCCC3)cc1. The molecule has 3 rings (SSSR count). The van der Waals surface area contributed by atoms with Crippen molar-refractivity contribution in [2.24, 2.45) is 0 Å². The molecule has 0 spiro atoms. The summed E-state index contributed by atoms with van der Waals surface area (Å²) in [6.07, 6.45) is 3.66. The average molecular weight is 387 g/mol. The summed E-state index contributed by atoms with van der Waals surface area (Å²) in [6.45, 7) is 4.88. The van der Waals surface area contributed by atoms with Gasteiger partial charge in [-0.15, -0.1) is 0 Å². The van der Waals surface area contributed by atoms with Crippen LogP contribution in [0.4, 0.5) is 4.79 Å². The molecule has 152 valence electrons. The molecule has 2 amide bonds. The van der Waals surface area contributed by atoms with E-state index in [0.717, 1.165) is 42.9 Å². The molecule has 0 unspecified atom stereocenters. The molecule has 0 atom stereocenters. The lowest BCUT2D eigenvalue weighted by Crippen LogP contribution is -2.37. The Morgan fingerprint density at radius 1 is 1.29 bits per heavy atom. The highest BCUT2D eigenvalue weighted by atomic mass is 16.5. The van der Waals surface area contributed by atoms with E-state index in [1.54, 1.807) is 16.5 Å². The lowest BCUT2D eigenvalue weighted by atomic mass is 10.2. The average Bonchev–Trinajstić information content (AvgIpc) is 3.03. The molecule has 28 heavy (non-hydrogen) atoms. The summed E-state index contributed by atoms with van der Waals surface area (Å²) in [5.41, 5.74) is 1.00. The number of carbonyl (C=O) groups excluding carboxylic acids is 1. The van der Waals surface area contributed by atoms with E-state index >= 15 is 0 Å². The van der Waals surface area contributed by atoms with Crippen LogP contribution in [-0.4, -0.2) is 45.5 Å². The van der Waals surface area contributed by atoms with E-state index in [1.807, 2.05) is 31.2 Å². The Balaban J connectivity index is 1.41. The maximum atomic E-state index is 12.3. The van der Waals surface area contributed by atoms with E-state index in [2.05, 4.69) is 10.4 Å². The largest absolute Gasteiger partial charge is 0.494 e. The molecule has 8 heteroatoms. The van der Waals surface area contributed by atoms with E-state index in [-0.39, 0.29) is 11.7 Å². The highest BCUT2D eigenvalue weighted by Gasteiger charge is 2.16. The summed E-state index contributed by atoms with van der Waals surface area (Å²) in [5, 5.41) is 7.31. The van der Waals surface area contributed by atoms with Gasteiger partial charge in [0.1, 0.15) is 11.6 Å². The third kappa shape index (κ3) is 4.94. The Bertz CT molecular complexity index is 841. The second kappa shape index (κ2) is 9.43. The van der Waals surface area contributed by atoms with Gasteiger partial charge in [0.15, 0.2) is 0 Å². The van der Waals surface area contributed by atoms with Gasteiger partial charge in [0.05, 0.1) is 6.61 Å². The highest BCUT2D eigenvalue weighted by Crippen LogP contribution is 2.13. The first-order valence-corrected chi connectivity index (χ1v) is 9.95. The molecule has 0 fully saturated rings. The zero-order chi connectivity index (χ0) is 19.9. The van der Waals surface area contributed by atoms with E-state index in [4.69, 9.17) is 4.74 Å². The smallest absolute Gasteiger partial charge is 0.345 e. The van der Waals surface area contributed by atoms with Crippen molar-refractivity contribution in [3.8, 4) is 5.75 Å². The van der Waals surface area contributed by atoms with E-state index in [9.17, 15) is 9.59 Å². The summed E-state index contributed by atoms with van der Waals surface area (Å²) < 4.78 is 8.72. The van der Waals surface area contributed by atoms with E-state index in [0.29, 0.717) is 32.7 Å². The summed E-state index contributed by atoms with van der Waals surface area (Å²) in [5.74, 6) is 1.71. The van der Waals surface area contributed by atoms with Gasteiger partial charge in [-0.1, -0.05) is 12.1 Å². The van der Waals surface area contributed by atoms with Crippen molar-refractivity contribution in [1.82, 2.24) is 24.6 Å². The number of hydrogen-bond acceptors (Lipinski definition) is 4. The molecular weight excluding hydrogens is 358 g/mol. The molecule has 2 aromatic rings. The number of aryl methyl sites for hydroxylation is 2. The Morgan fingerprint density at radius 2 is 2.07 bits per heavy atom. The van der Waals surface area contributed by atoms with Gasteiger partial charge < -0.3 is 15.0 Å². The zero-order valence-electron chi connectivity index (χ0n) is 16.7. The minimum Gasteiger partial charge on any atom is -0.494 e. The lowest BCUT2D eigenvalue weighted by Gasteiger charge is -2.18. The van der Waals surface area contributed by atoms with Gasteiger partial charge in [0.2, 0.25) is 0 Å². The normalized spacial score (nSPS) is 13.1. The molecule has 1 N–H and O–H groups in total. The molecule has 0 aliphatic carbocycles. The van der Waals surface area contributed by atoms with Crippen LogP contribution in [0, 0.1) is 0 Å². The highest BCUT2D eigenvalue weighted by molar-refractivity contribution is 5.73. The zero-order valence-corrected chi connectivity index (χ0v) is 16.7. The lowest BCUT2D eigenvalue weighted by molar-refractivity contribution is 0.206. The summed E-state index contributed by atoms with van der Waals surface area (Å²) in [6, 6.07) is 7.61. The fraction of sp³-hybridized carbons (Fsp3) is 0.550. The van der Waals surface area contributed by atoms with Gasteiger partial charge in [0.25, 0.3) is 0 Å². The number of nitrogens with zero attached hydrogens (tertiary/aromatic N) is 4. The first-order valence-electron chi connectivity index (χ1n) is 9.95. The van der Waals surface area contributed by atoms with Crippen LogP contribution in [0.15, 0.2) is 29.1 Å². The van der Waals surface area contributed by atoms with Crippen molar-refractivity contribution in [2.45, 2.75) is 52.2 Å². The number of urea groups is 1. The Morgan fingerprint density at radius 3 is 2.79 bits per heavy atom. The van der Waals surface area contributed by atoms with Crippen molar-refractivity contribution in [3.05, 3.63) is 46.1 Å². The van der Waals surface area contributed by atoms with Crippen LogP contribution in [0.25, 0.3) is 0 Å². The first-order chi connectivity index (χ1) is 13.6. The third-order valence-corrected chi connectivity index (χ3v) is 4.86. The van der Waals surface area contributed by atoms with Crippen molar-refractivity contribution >= 4 is 6.03 Å². The number of amides is 2. The molecule has 0 radical (unpaired) electrons. The summed E-state index contributed by atoms with van der Waals surface area (Å²) in [4.78, 5) is 26.2. The number of fused-ring (bicyclic) bond motifs is 1. The van der Waals surface area contributed by atoms with Crippen molar-refractivity contribution < 1.29 is 9.53 Å². The standard InChI is InChI=1S/C20H29N5O3/c1-3-28-17-10-8-16(9-11-17)15-23(2)19(26)21-12-6-14-25-20(27)24-13-5-4-7-18(24)22-25/h8-11H,3-7,12-15H2,1-2H3,(H,21,26). The minimum atomic E-state index is -0.134. The number of rotatable bonds is 8. The maximum Gasteiger partial charge on any atom is 0.345 e. The number of ether oxygens (including phenoxy) is 1. The number of nitrogens with one attached hydrogen (secondary N) is 1. The van der Waals surface area contributed by atoms with Gasteiger partial charge in [-0.05, 0) is 43.9 Å². The Labute approximate surface area is 165 Å². The predicted molar refractivity (Wildman–Crippen MR) is 107 cm³/mol. The fourth-order valence-electron chi connectivity index (χ4n) is 3.36. The molecule has 1 aromatic heterocycles. The fourth-order valence-corrected chi connectivity index (χ4v) is 3.36. The van der Waals surface area contributed by atoms with Crippen LogP contribution in [0.5, 0.6) is 5.75 Å². The molecule has 1 aliphatic heterocycles. The van der Waals surface area contributed by atoms with Gasteiger partial charge in [0, 0.05) is 39.6 Å². The van der Waals surface area contributed by atoms with Crippen LogP contribution >= 0.6 is 0 Å². The quantitative estimate of drug-likeness (QED) is 0.703. The van der Waals surface area contributed by atoms with Gasteiger partial charge in [-0.3, -0.25) is 4.57 Å². The monoisotopic (exact) mass is 387 g/mol. The van der Waals surface area contributed by atoms with Crippen LogP contribution in [-0.2, 0) is 26.1 Å². The molecule has 0 saturated carbocycles. The molecular formula is C20H29N5O3. The van der Waals surface area contributed by atoms with Gasteiger partial charge >= 0.3 is 11.7 Å². The minimum absolute atomic E-state index is 0.0337. The second-order valence-corrected chi connectivity index (χ2v) is 7.05. The summed E-state index contributed by atoms with van der Waals surface area (Å²) in [7, 11) is 1.76. The maximum absolute atomic E-state index is 12.3. The number of benzene rings is 1. The molecule has 0 saturated heterocycles. The topological polar surface area (TPSA) is 81.4 Å². The number of aromatic nitrogens is 3. The second-order valence-electron chi connectivity index (χ2n) is 7.05. The molecule has 1 aromatic carbocycles. The molecule has 2 heterocycles. The Hall–Kier alpha value is -2.77. The van der Waals surface area contributed by atoms with Crippen molar-refractivity contribution in [1.29, 1.82) is 0 Å². The predicted octanol–water partition coefficient (Wildman–Crippen LogP) is 2.01. The van der Waals surface area contributed by atoms with Gasteiger partial charge in [-0.25, -0.2) is 14.3 Å². The van der Waals surface area contributed by atoms with Crippen LogP contribution in [0.1, 0.15) is 37.6 Å². The molecule has 8 nitrogen and oxygen atoms in total. The number of hydrogen-bond donors (Lipinski definition) is 1. The Kier molecular flexibility index (Phi) is 6.73. The third-order valence-electron chi connectivity index (χ3n) is 4.86. The van der Waals surface area contributed by atoms with Crippen molar-refractivity contribution in [2.75, 3.05) is 20.2 Å². The summed E-state index contributed by atoms with van der Waals surface area (Å²) >= 11 is 0. The first kappa shape index (κ1) is 20.0. The van der Waals surface area contributed by atoms with Crippen LogP contribution < -0.4 is 15.7 Å². The van der Waals surface area contributed by atoms with Crippen LogP contribution in [0.2, 0.25) is 0 Å². The molecule has 1 aliphatic rings. The van der Waals surface area contributed by atoms with E-state index in [1.165, 1.54) is 4.68 Å². The number of carbonyl (C=O) groups is 1. The van der Waals surface area contributed by atoms with Crippen LogP contribution in [0.3, 0.4) is 0 Å². The van der Waals surface area contributed by atoms with Crippen molar-refractivity contribution in [3.63, 3.8) is 0 Å².